The van der Waals surface area contributed by atoms with Crippen molar-refractivity contribution in [3.05, 3.63) is 53.1 Å². The number of hydrogen-bond donors (Lipinski definition) is 1. The summed E-state index contributed by atoms with van der Waals surface area (Å²) in [5, 5.41) is -0.00987. The highest BCUT2D eigenvalue weighted by atomic mass is 32.2. The fraction of sp³-hybridized carbons (Fsp3) is 0.222. The summed E-state index contributed by atoms with van der Waals surface area (Å²) >= 11 is 1.56. The minimum absolute atomic E-state index is 0.00987. The molecule has 0 saturated heterocycles. The lowest BCUT2D eigenvalue weighted by Gasteiger charge is -2.15. The van der Waals surface area contributed by atoms with Gasteiger partial charge in [0.05, 0.1) is 23.7 Å². The van der Waals surface area contributed by atoms with Crippen LogP contribution in [0.5, 0.6) is 11.5 Å². The van der Waals surface area contributed by atoms with Gasteiger partial charge in [-0.05, 0) is 36.1 Å². The average Bonchev–Trinajstić information content (AvgIpc) is 2.64. The predicted octanol–water partition coefficient (Wildman–Crippen LogP) is 4.29. The van der Waals surface area contributed by atoms with Gasteiger partial charge in [-0.2, -0.15) is 0 Å². The number of benzene rings is 2. The van der Waals surface area contributed by atoms with Crippen LogP contribution in [0.15, 0.2) is 52.4 Å². The maximum Gasteiger partial charge on any atom is 0.573 e. The first-order valence-corrected chi connectivity index (χ1v) is 9.14. The molecule has 0 radical (unpaired) electrons. The van der Waals surface area contributed by atoms with Gasteiger partial charge in [0.2, 0.25) is 0 Å². The van der Waals surface area contributed by atoms with Crippen LogP contribution in [0.4, 0.5) is 18.9 Å². The highest BCUT2D eigenvalue weighted by molar-refractivity contribution is 7.99. The van der Waals surface area contributed by atoms with Gasteiger partial charge < -0.3 is 9.47 Å². The van der Waals surface area contributed by atoms with Crippen LogP contribution < -0.4 is 20.5 Å². The Labute approximate surface area is 162 Å². The number of methoxy groups -OCH3 is 1. The zero-order chi connectivity index (χ0) is 20.3. The number of alkyl halides is 3. The van der Waals surface area contributed by atoms with E-state index in [-0.39, 0.29) is 10.9 Å². The van der Waals surface area contributed by atoms with E-state index in [1.807, 2.05) is 13.0 Å². The quantitative estimate of drug-likeness (QED) is 0.611. The SMILES string of the molecule is CCSc1ccc(OC)cc1Nn1cnc2ccc(OC(F)(F)F)cc2c1=O. The lowest BCUT2D eigenvalue weighted by Crippen LogP contribution is -2.27. The maximum atomic E-state index is 12.8. The summed E-state index contributed by atoms with van der Waals surface area (Å²) < 4.78 is 47.6. The van der Waals surface area contributed by atoms with Crippen LogP contribution in [0.1, 0.15) is 6.92 Å². The van der Waals surface area contributed by atoms with Crippen molar-refractivity contribution < 1.29 is 22.6 Å². The van der Waals surface area contributed by atoms with Gasteiger partial charge in [0.1, 0.15) is 17.8 Å². The molecule has 2 aromatic carbocycles. The van der Waals surface area contributed by atoms with Gasteiger partial charge in [-0.3, -0.25) is 10.2 Å². The molecule has 0 bridgehead atoms. The van der Waals surface area contributed by atoms with Gasteiger partial charge in [-0.1, -0.05) is 6.92 Å². The standard InChI is InChI=1S/C18H16F3N3O3S/c1-3-28-16-7-5-11(26-2)9-15(16)23-24-10-22-14-6-4-12(27-18(19,20)21)8-13(14)17(24)25/h4-10,23H,3H2,1-2H3. The highest BCUT2D eigenvalue weighted by Crippen LogP contribution is 2.31. The van der Waals surface area contributed by atoms with E-state index < -0.39 is 17.7 Å². The summed E-state index contributed by atoms with van der Waals surface area (Å²) in [6.45, 7) is 1.99. The van der Waals surface area contributed by atoms with Crippen LogP contribution in [0.25, 0.3) is 10.9 Å². The van der Waals surface area contributed by atoms with E-state index in [1.54, 1.807) is 23.9 Å². The molecule has 0 unspecified atom stereocenters. The first-order chi connectivity index (χ1) is 13.3. The van der Waals surface area contributed by atoms with Crippen molar-refractivity contribution >= 4 is 28.4 Å². The predicted molar refractivity (Wildman–Crippen MR) is 101 cm³/mol. The van der Waals surface area contributed by atoms with Crippen LogP contribution in [0, 0.1) is 0 Å². The molecular weight excluding hydrogens is 395 g/mol. The number of aromatic nitrogens is 2. The second-order valence-electron chi connectivity index (χ2n) is 5.55. The number of rotatable bonds is 6. The van der Waals surface area contributed by atoms with E-state index in [0.29, 0.717) is 11.4 Å². The third-order valence-electron chi connectivity index (χ3n) is 3.69. The largest absolute Gasteiger partial charge is 0.573 e. The lowest BCUT2D eigenvalue weighted by molar-refractivity contribution is -0.274. The molecule has 0 spiro atoms. The Morgan fingerprint density at radius 2 is 1.93 bits per heavy atom. The summed E-state index contributed by atoms with van der Waals surface area (Å²) in [6, 6.07) is 8.79. The molecule has 0 atom stereocenters. The second kappa shape index (κ2) is 8.01. The molecule has 0 aliphatic heterocycles. The number of thioether (sulfide) groups is 1. The first-order valence-electron chi connectivity index (χ1n) is 8.15. The van der Waals surface area contributed by atoms with Gasteiger partial charge in [0.15, 0.2) is 0 Å². The molecule has 6 nitrogen and oxygen atoms in total. The topological polar surface area (TPSA) is 65.4 Å². The van der Waals surface area contributed by atoms with Crippen LogP contribution in [-0.2, 0) is 0 Å². The summed E-state index contributed by atoms with van der Waals surface area (Å²) in [4.78, 5) is 17.8. The zero-order valence-corrected chi connectivity index (χ0v) is 15.7. The molecule has 3 aromatic rings. The minimum Gasteiger partial charge on any atom is -0.497 e. The fourth-order valence-electron chi connectivity index (χ4n) is 2.51. The molecule has 1 heterocycles. The van der Waals surface area contributed by atoms with Crippen molar-refractivity contribution in [3.8, 4) is 11.5 Å². The van der Waals surface area contributed by atoms with Gasteiger partial charge in [-0.15, -0.1) is 24.9 Å². The Morgan fingerprint density at radius 1 is 1.18 bits per heavy atom. The van der Waals surface area contributed by atoms with Gasteiger partial charge >= 0.3 is 6.36 Å². The van der Waals surface area contributed by atoms with E-state index in [4.69, 9.17) is 4.74 Å². The van der Waals surface area contributed by atoms with E-state index in [9.17, 15) is 18.0 Å². The molecule has 0 aliphatic carbocycles. The average molecular weight is 411 g/mol. The number of hydrogen-bond acceptors (Lipinski definition) is 6. The van der Waals surface area contributed by atoms with E-state index in [2.05, 4.69) is 15.1 Å². The number of ether oxygens (including phenoxy) is 2. The Kier molecular flexibility index (Phi) is 5.68. The third-order valence-corrected chi connectivity index (χ3v) is 4.65. The lowest BCUT2D eigenvalue weighted by atomic mass is 10.2. The molecule has 1 N–H and O–H groups in total. The normalized spacial score (nSPS) is 11.5. The smallest absolute Gasteiger partial charge is 0.497 e. The van der Waals surface area contributed by atoms with E-state index >= 15 is 0 Å². The summed E-state index contributed by atoms with van der Waals surface area (Å²) in [7, 11) is 1.53. The molecule has 28 heavy (non-hydrogen) atoms. The van der Waals surface area contributed by atoms with Crippen molar-refractivity contribution in [1.29, 1.82) is 0 Å². The fourth-order valence-corrected chi connectivity index (χ4v) is 3.25. The molecular formula is C18H16F3N3O3S. The minimum atomic E-state index is -4.85. The Bertz CT molecular complexity index is 1050. The number of anilines is 1. The van der Waals surface area contributed by atoms with Crippen molar-refractivity contribution in [2.75, 3.05) is 18.3 Å². The van der Waals surface area contributed by atoms with Gasteiger partial charge in [0, 0.05) is 11.0 Å². The van der Waals surface area contributed by atoms with Crippen LogP contribution in [0.2, 0.25) is 0 Å². The highest BCUT2D eigenvalue weighted by Gasteiger charge is 2.31. The molecule has 1 aromatic heterocycles. The molecule has 10 heteroatoms. The van der Waals surface area contributed by atoms with Crippen LogP contribution in [0.3, 0.4) is 0 Å². The van der Waals surface area contributed by atoms with Crippen molar-refractivity contribution in [3.63, 3.8) is 0 Å². The van der Waals surface area contributed by atoms with E-state index in [0.717, 1.165) is 27.5 Å². The first kappa shape index (κ1) is 19.9. The zero-order valence-electron chi connectivity index (χ0n) is 14.9. The molecule has 0 aliphatic rings. The van der Waals surface area contributed by atoms with Crippen LogP contribution >= 0.6 is 11.8 Å². The Hall–Kier alpha value is -2.88. The molecule has 0 saturated carbocycles. The van der Waals surface area contributed by atoms with Gasteiger partial charge in [-0.25, -0.2) is 9.66 Å². The van der Waals surface area contributed by atoms with E-state index in [1.165, 1.54) is 19.5 Å². The number of nitrogens with one attached hydrogen (secondary N) is 1. The van der Waals surface area contributed by atoms with Crippen molar-refractivity contribution in [1.82, 2.24) is 9.66 Å². The second-order valence-corrected chi connectivity index (χ2v) is 6.86. The molecule has 148 valence electrons. The molecule has 3 rings (SSSR count). The summed E-state index contributed by atoms with van der Waals surface area (Å²) in [5.74, 6) is 0.912. The van der Waals surface area contributed by atoms with Crippen molar-refractivity contribution in [2.24, 2.45) is 0 Å². The monoisotopic (exact) mass is 411 g/mol. The summed E-state index contributed by atoms with van der Waals surface area (Å²) in [6.07, 6.45) is -3.57. The van der Waals surface area contributed by atoms with Gasteiger partial charge in [0.25, 0.3) is 5.56 Å². The van der Waals surface area contributed by atoms with Crippen LogP contribution in [-0.4, -0.2) is 28.9 Å². The number of nitrogens with zero attached hydrogens (tertiary/aromatic N) is 2. The maximum absolute atomic E-state index is 12.8. The number of fused-ring (bicyclic) bond motifs is 1. The summed E-state index contributed by atoms with van der Waals surface area (Å²) in [5.41, 5.74) is 3.24. The Balaban J connectivity index is 2.02. The third kappa shape index (κ3) is 4.50. The molecule has 0 fully saturated rings. The molecule has 0 amide bonds. The van der Waals surface area contributed by atoms with Crippen molar-refractivity contribution in [2.45, 2.75) is 18.2 Å². The number of halogens is 3. The Morgan fingerprint density at radius 3 is 2.61 bits per heavy atom.